The first kappa shape index (κ1) is 13.8. The van der Waals surface area contributed by atoms with Crippen LogP contribution in [0.5, 0.6) is 0 Å². The van der Waals surface area contributed by atoms with Gasteiger partial charge in [0, 0.05) is 0 Å². The van der Waals surface area contributed by atoms with Crippen LogP contribution in [-0.2, 0) is 6.18 Å². The molecule has 100 valence electrons. The smallest absolute Gasteiger partial charge is 0.338 e. The molecule has 9 heteroatoms. The molecule has 0 fully saturated rings. The summed E-state index contributed by atoms with van der Waals surface area (Å²) in [5.74, 6) is 0.255. The standard InChI is InChI=1S/C10H6F3IN4O/c11-10(12,13)6-2-1-5(3-15-6)18-8-7(14)9(19)17-4-16-8/h1-4H,(H2,16,17,18,19). The first-order chi connectivity index (χ1) is 8.88. The van der Waals surface area contributed by atoms with Crippen molar-refractivity contribution in [1.29, 1.82) is 0 Å². The molecule has 2 heterocycles. The Bertz CT molecular complexity index is 638. The van der Waals surface area contributed by atoms with Crippen molar-refractivity contribution in [3.05, 3.63) is 44.3 Å². The lowest BCUT2D eigenvalue weighted by Crippen LogP contribution is -2.13. The van der Waals surface area contributed by atoms with Gasteiger partial charge >= 0.3 is 6.18 Å². The molecule has 0 bridgehead atoms. The Kier molecular flexibility index (Phi) is 3.73. The minimum Gasteiger partial charge on any atom is -0.338 e. The predicted octanol–water partition coefficient (Wildman–Crippen LogP) is 2.53. The van der Waals surface area contributed by atoms with Crippen LogP contribution in [0.3, 0.4) is 0 Å². The number of halogens is 4. The molecule has 2 rings (SSSR count). The molecular weight excluding hydrogens is 376 g/mol. The Morgan fingerprint density at radius 1 is 1.26 bits per heavy atom. The van der Waals surface area contributed by atoms with Crippen molar-refractivity contribution >= 4 is 34.1 Å². The summed E-state index contributed by atoms with van der Waals surface area (Å²) in [6, 6.07) is 2.07. The monoisotopic (exact) mass is 382 g/mol. The third kappa shape index (κ3) is 3.22. The Morgan fingerprint density at radius 2 is 2.00 bits per heavy atom. The number of H-pyrrole nitrogens is 1. The third-order valence-electron chi connectivity index (χ3n) is 2.11. The molecule has 0 amide bonds. The van der Waals surface area contributed by atoms with Crippen molar-refractivity contribution in [2.75, 3.05) is 5.32 Å². The van der Waals surface area contributed by atoms with Gasteiger partial charge in [-0.2, -0.15) is 13.2 Å². The van der Waals surface area contributed by atoms with Gasteiger partial charge in [0.15, 0.2) is 5.82 Å². The van der Waals surface area contributed by atoms with Gasteiger partial charge in [0.1, 0.15) is 9.26 Å². The van der Waals surface area contributed by atoms with Crippen LogP contribution in [0.15, 0.2) is 29.5 Å². The second-order valence-electron chi connectivity index (χ2n) is 3.45. The number of anilines is 2. The molecule has 2 aromatic rings. The molecule has 0 saturated carbocycles. The van der Waals surface area contributed by atoms with Crippen molar-refractivity contribution in [2.24, 2.45) is 0 Å². The molecule has 0 aromatic carbocycles. The van der Waals surface area contributed by atoms with E-state index in [-0.39, 0.29) is 11.4 Å². The molecule has 5 nitrogen and oxygen atoms in total. The number of alkyl halides is 3. The van der Waals surface area contributed by atoms with Gasteiger partial charge in [-0.1, -0.05) is 0 Å². The summed E-state index contributed by atoms with van der Waals surface area (Å²) in [6.45, 7) is 0. The summed E-state index contributed by atoms with van der Waals surface area (Å²) < 4.78 is 37.3. The molecule has 19 heavy (non-hydrogen) atoms. The van der Waals surface area contributed by atoms with Crippen LogP contribution >= 0.6 is 22.6 Å². The highest BCUT2D eigenvalue weighted by Crippen LogP contribution is 2.28. The molecule has 0 radical (unpaired) electrons. The molecule has 0 atom stereocenters. The van der Waals surface area contributed by atoms with Gasteiger partial charge < -0.3 is 10.3 Å². The summed E-state index contributed by atoms with van der Waals surface area (Å²) in [6.07, 6.45) is -2.25. The predicted molar refractivity (Wildman–Crippen MR) is 70.1 cm³/mol. The topological polar surface area (TPSA) is 70.7 Å². The highest BCUT2D eigenvalue weighted by atomic mass is 127. The lowest BCUT2D eigenvalue weighted by molar-refractivity contribution is -0.141. The average Bonchev–Trinajstić information content (AvgIpc) is 2.35. The highest BCUT2D eigenvalue weighted by molar-refractivity contribution is 14.1. The molecule has 0 saturated heterocycles. The molecular formula is C10H6F3IN4O. The zero-order valence-corrected chi connectivity index (χ0v) is 11.3. The van der Waals surface area contributed by atoms with E-state index in [1.54, 1.807) is 22.6 Å². The number of aromatic amines is 1. The van der Waals surface area contributed by atoms with Crippen molar-refractivity contribution in [3.8, 4) is 0 Å². The molecule has 2 N–H and O–H groups in total. The van der Waals surface area contributed by atoms with E-state index in [1.165, 1.54) is 12.4 Å². The SMILES string of the molecule is O=c1[nH]cnc(Nc2ccc(C(F)(F)F)nc2)c1I. The maximum atomic E-state index is 12.3. The van der Waals surface area contributed by atoms with Gasteiger partial charge in [-0.05, 0) is 34.7 Å². The summed E-state index contributed by atoms with van der Waals surface area (Å²) in [5.41, 5.74) is -1.01. The van der Waals surface area contributed by atoms with Crippen LogP contribution in [0, 0.1) is 3.57 Å². The maximum absolute atomic E-state index is 12.3. The van der Waals surface area contributed by atoms with E-state index in [0.29, 0.717) is 9.26 Å². The summed E-state index contributed by atoms with van der Waals surface area (Å²) in [5, 5.41) is 2.72. The third-order valence-corrected chi connectivity index (χ3v) is 3.11. The number of aromatic nitrogens is 3. The zero-order valence-electron chi connectivity index (χ0n) is 9.12. The minimum atomic E-state index is -4.48. The van der Waals surface area contributed by atoms with Gasteiger partial charge in [0.25, 0.3) is 5.56 Å². The largest absolute Gasteiger partial charge is 0.433 e. The lowest BCUT2D eigenvalue weighted by Gasteiger charge is -2.08. The molecule has 0 aliphatic rings. The van der Waals surface area contributed by atoms with Crippen molar-refractivity contribution < 1.29 is 13.2 Å². The fourth-order valence-corrected chi connectivity index (χ4v) is 1.67. The number of rotatable bonds is 2. The first-order valence-corrected chi connectivity index (χ1v) is 5.99. The molecule has 0 aliphatic carbocycles. The van der Waals surface area contributed by atoms with Crippen LogP contribution in [0.2, 0.25) is 0 Å². The average molecular weight is 382 g/mol. The van der Waals surface area contributed by atoms with Crippen LogP contribution in [0.1, 0.15) is 5.69 Å². The van der Waals surface area contributed by atoms with Crippen LogP contribution < -0.4 is 10.9 Å². The second-order valence-corrected chi connectivity index (χ2v) is 4.53. The van der Waals surface area contributed by atoms with Gasteiger partial charge in [-0.3, -0.25) is 4.79 Å². The Labute approximate surface area is 118 Å². The quantitative estimate of drug-likeness (QED) is 0.784. The number of pyridine rings is 1. The summed E-state index contributed by atoms with van der Waals surface area (Å²) in [4.78, 5) is 20.9. The molecule has 0 spiro atoms. The highest BCUT2D eigenvalue weighted by Gasteiger charge is 2.32. The number of hydrogen-bond donors (Lipinski definition) is 2. The van der Waals surface area contributed by atoms with E-state index in [0.717, 1.165) is 12.3 Å². The number of nitrogens with one attached hydrogen (secondary N) is 2. The normalized spacial score (nSPS) is 11.4. The van der Waals surface area contributed by atoms with Gasteiger partial charge in [0.2, 0.25) is 0 Å². The maximum Gasteiger partial charge on any atom is 0.433 e. The van der Waals surface area contributed by atoms with E-state index >= 15 is 0 Å². The van der Waals surface area contributed by atoms with Gasteiger partial charge in [-0.25, -0.2) is 9.97 Å². The van der Waals surface area contributed by atoms with E-state index in [9.17, 15) is 18.0 Å². The lowest BCUT2D eigenvalue weighted by atomic mass is 10.3. The van der Waals surface area contributed by atoms with Crippen molar-refractivity contribution in [1.82, 2.24) is 15.0 Å². The number of nitrogens with zero attached hydrogens (tertiary/aromatic N) is 2. The molecule has 0 unspecified atom stereocenters. The fourth-order valence-electron chi connectivity index (χ4n) is 1.24. The first-order valence-electron chi connectivity index (χ1n) is 4.91. The van der Waals surface area contributed by atoms with Gasteiger partial charge in [-0.15, -0.1) is 0 Å². The van der Waals surface area contributed by atoms with Crippen LogP contribution in [-0.4, -0.2) is 15.0 Å². The van der Waals surface area contributed by atoms with E-state index in [1.807, 2.05) is 0 Å². The van der Waals surface area contributed by atoms with E-state index in [2.05, 4.69) is 20.3 Å². The Morgan fingerprint density at radius 3 is 2.58 bits per heavy atom. The van der Waals surface area contributed by atoms with Gasteiger partial charge in [0.05, 0.1) is 18.2 Å². The van der Waals surface area contributed by atoms with Crippen LogP contribution in [0.4, 0.5) is 24.7 Å². The second kappa shape index (κ2) is 5.15. The van der Waals surface area contributed by atoms with Crippen molar-refractivity contribution in [3.63, 3.8) is 0 Å². The molecule has 2 aromatic heterocycles. The minimum absolute atomic E-state index is 0.255. The molecule has 0 aliphatic heterocycles. The van der Waals surface area contributed by atoms with E-state index < -0.39 is 11.9 Å². The Hall–Kier alpha value is -1.65. The Balaban J connectivity index is 2.25. The van der Waals surface area contributed by atoms with Crippen LogP contribution in [0.25, 0.3) is 0 Å². The fraction of sp³-hybridized carbons (Fsp3) is 0.100. The summed E-state index contributed by atoms with van der Waals surface area (Å²) >= 11 is 1.78. The number of hydrogen-bond acceptors (Lipinski definition) is 4. The summed E-state index contributed by atoms with van der Waals surface area (Å²) in [7, 11) is 0. The van der Waals surface area contributed by atoms with E-state index in [4.69, 9.17) is 0 Å². The van der Waals surface area contributed by atoms with Crippen molar-refractivity contribution in [2.45, 2.75) is 6.18 Å². The zero-order chi connectivity index (χ0) is 14.0.